The van der Waals surface area contributed by atoms with Gasteiger partial charge in [0.15, 0.2) is 0 Å². The quantitative estimate of drug-likeness (QED) is 0.372. The molecule has 0 aromatic heterocycles. The number of rotatable bonds is 5. The number of ketones is 1. The van der Waals surface area contributed by atoms with Crippen LogP contribution >= 0.6 is 0 Å². The van der Waals surface area contributed by atoms with Crippen molar-refractivity contribution < 1.29 is 15.2 Å². The maximum absolute atomic E-state index is 12.6. The molecule has 2 N–H and O–H groups in total. The summed E-state index contributed by atoms with van der Waals surface area (Å²) in [5.74, 6) is 3.92. The summed E-state index contributed by atoms with van der Waals surface area (Å²) < 4.78 is 0. The van der Waals surface area contributed by atoms with Crippen molar-refractivity contribution in [2.24, 2.45) is 62.6 Å². The molecule has 8 unspecified atom stereocenters. The van der Waals surface area contributed by atoms with Gasteiger partial charge in [-0.25, -0.2) is 0 Å². The van der Waals surface area contributed by atoms with Crippen LogP contribution in [0.15, 0.2) is 10.3 Å². The fourth-order valence-corrected chi connectivity index (χ4v) is 9.13. The first-order valence-electron chi connectivity index (χ1n) is 13.1. The fraction of sp³-hybridized carbons (Fsp3) is 0.889. The number of fused-ring (bicyclic) bond motifs is 5. The summed E-state index contributed by atoms with van der Waals surface area (Å²) >= 11 is 0. The number of carbonyl (C=O) groups excluding carboxylic acids is 1. The average Bonchev–Trinajstić information content (AvgIpc) is 3.10. The van der Waals surface area contributed by atoms with Gasteiger partial charge in [-0.05, 0) is 84.9 Å². The third-order valence-electron chi connectivity index (χ3n) is 10.7. The number of hydrogen-bond acceptors (Lipinski definition) is 5. The second kappa shape index (κ2) is 8.76. The highest BCUT2D eigenvalue weighted by Gasteiger charge is 2.62. The highest BCUT2D eigenvalue weighted by atomic mass is 16.4. The molecule has 0 aromatic rings. The fourth-order valence-electron chi connectivity index (χ4n) is 9.13. The zero-order valence-electron chi connectivity index (χ0n) is 20.8. The van der Waals surface area contributed by atoms with Gasteiger partial charge in [-0.1, -0.05) is 64.2 Å². The highest BCUT2D eigenvalue weighted by molar-refractivity contribution is 6.67. The summed E-state index contributed by atoms with van der Waals surface area (Å²) in [6, 6.07) is 0. The van der Waals surface area contributed by atoms with Gasteiger partial charge in [0.25, 0.3) is 0 Å². The molecule has 0 heterocycles. The average molecular weight is 445 g/mol. The lowest BCUT2D eigenvalue weighted by atomic mass is 9.44. The van der Waals surface area contributed by atoms with Crippen LogP contribution in [0.25, 0.3) is 0 Å². The second-order valence-electron chi connectivity index (χ2n) is 12.6. The van der Waals surface area contributed by atoms with Crippen molar-refractivity contribution in [1.29, 1.82) is 0 Å². The van der Waals surface area contributed by atoms with E-state index in [1.165, 1.54) is 44.9 Å². The largest absolute Gasteiger partial charge is 0.411 e. The molecule has 4 aliphatic rings. The summed E-state index contributed by atoms with van der Waals surface area (Å²) in [6.07, 6.45) is 11.7. The number of hydrogen-bond donors (Lipinski definition) is 2. The number of carbonyl (C=O) groups is 1. The van der Waals surface area contributed by atoms with Crippen molar-refractivity contribution in [3.63, 3.8) is 0 Å². The summed E-state index contributed by atoms with van der Waals surface area (Å²) in [7, 11) is 0. The van der Waals surface area contributed by atoms with Crippen LogP contribution in [0.1, 0.15) is 98.8 Å². The molecular formula is C27H44N2O3. The molecule has 5 nitrogen and oxygen atoms in total. The molecule has 0 aromatic carbocycles. The summed E-state index contributed by atoms with van der Waals surface area (Å²) in [6.45, 7) is 12.0. The Bertz CT molecular complexity index is 790. The van der Waals surface area contributed by atoms with Crippen LogP contribution in [-0.2, 0) is 4.79 Å². The Morgan fingerprint density at radius 2 is 1.66 bits per heavy atom. The van der Waals surface area contributed by atoms with Crippen LogP contribution in [0.4, 0.5) is 0 Å². The van der Waals surface area contributed by atoms with E-state index in [0.29, 0.717) is 23.7 Å². The maximum atomic E-state index is 12.6. The Balaban J connectivity index is 1.55. The topological polar surface area (TPSA) is 82.2 Å². The van der Waals surface area contributed by atoms with E-state index in [4.69, 9.17) is 0 Å². The van der Waals surface area contributed by atoms with Gasteiger partial charge in [0, 0.05) is 12.3 Å². The summed E-state index contributed by atoms with van der Waals surface area (Å²) in [5.41, 5.74) is 0.658. The van der Waals surface area contributed by atoms with Crippen LogP contribution in [0.2, 0.25) is 0 Å². The Morgan fingerprint density at radius 1 is 0.938 bits per heavy atom. The van der Waals surface area contributed by atoms with E-state index in [-0.39, 0.29) is 28.5 Å². The van der Waals surface area contributed by atoms with Crippen molar-refractivity contribution in [2.75, 3.05) is 0 Å². The predicted octanol–water partition coefficient (Wildman–Crippen LogP) is 6.56. The van der Waals surface area contributed by atoms with E-state index in [9.17, 15) is 15.2 Å². The Labute approximate surface area is 194 Å². The molecule has 8 atom stereocenters. The van der Waals surface area contributed by atoms with Crippen molar-refractivity contribution in [2.45, 2.75) is 98.8 Å². The third-order valence-corrected chi connectivity index (χ3v) is 10.7. The van der Waals surface area contributed by atoms with E-state index in [2.05, 4.69) is 44.9 Å². The normalized spacial score (nSPS) is 45.1. The van der Waals surface area contributed by atoms with Gasteiger partial charge in [-0.2, -0.15) is 0 Å². The van der Waals surface area contributed by atoms with Gasteiger partial charge in [0.1, 0.15) is 11.4 Å². The minimum absolute atomic E-state index is 0.0248. The van der Waals surface area contributed by atoms with E-state index >= 15 is 0 Å². The number of Topliss-reactive ketones (excluding diaryl/α,β-unsaturated/α-hetero) is 1. The van der Waals surface area contributed by atoms with E-state index in [1.807, 2.05) is 0 Å². The molecule has 4 saturated carbocycles. The summed E-state index contributed by atoms with van der Waals surface area (Å²) in [4.78, 5) is 12.6. The Kier molecular flexibility index (Phi) is 6.50. The predicted molar refractivity (Wildman–Crippen MR) is 127 cm³/mol. The first-order valence-corrected chi connectivity index (χ1v) is 13.1. The minimum Gasteiger partial charge on any atom is -0.411 e. The molecule has 0 bridgehead atoms. The van der Waals surface area contributed by atoms with Crippen molar-refractivity contribution in [3.05, 3.63) is 0 Å². The van der Waals surface area contributed by atoms with Gasteiger partial charge in [-0.15, -0.1) is 0 Å². The van der Waals surface area contributed by atoms with Gasteiger partial charge in [0.05, 0.1) is 0 Å². The lowest BCUT2D eigenvalue weighted by Crippen LogP contribution is -2.58. The molecule has 32 heavy (non-hydrogen) atoms. The van der Waals surface area contributed by atoms with Gasteiger partial charge < -0.3 is 10.4 Å². The lowest BCUT2D eigenvalue weighted by Gasteiger charge is -2.60. The maximum Gasteiger partial charge on any atom is 0.228 e. The van der Waals surface area contributed by atoms with Crippen LogP contribution in [0.3, 0.4) is 0 Å². The summed E-state index contributed by atoms with van der Waals surface area (Å²) in [5, 5.41) is 25.9. The molecule has 4 rings (SSSR count). The zero-order valence-corrected chi connectivity index (χ0v) is 20.8. The lowest BCUT2D eigenvalue weighted by molar-refractivity contribution is -0.113. The first-order chi connectivity index (χ1) is 15.2. The molecular weight excluding hydrogens is 400 g/mol. The highest BCUT2D eigenvalue weighted by Crippen LogP contribution is 2.67. The Hall–Kier alpha value is -1.39. The second-order valence-corrected chi connectivity index (χ2v) is 12.6. The van der Waals surface area contributed by atoms with Crippen molar-refractivity contribution in [3.8, 4) is 0 Å². The molecule has 0 aliphatic heterocycles. The number of oxime groups is 2. The smallest absolute Gasteiger partial charge is 0.228 e. The molecule has 5 heteroatoms. The molecule has 180 valence electrons. The van der Waals surface area contributed by atoms with Crippen LogP contribution in [0.5, 0.6) is 0 Å². The zero-order chi connectivity index (χ0) is 23.3. The first kappa shape index (κ1) is 23.8. The van der Waals surface area contributed by atoms with Crippen LogP contribution in [0, 0.1) is 52.3 Å². The monoisotopic (exact) mass is 444 g/mol. The van der Waals surface area contributed by atoms with Gasteiger partial charge >= 0.3 is 0 Å². The molecule has 4 fully saturated rings. The van der Waals surface area contributed by atoms with Gasteiger partial charge in [0.2, 0.25) is 5.78 Å². The Morgan fingerprint density at radius 3 is 2.31 bits per heavy atom. The van der Waals surface area contributed by atoms with Crippen molar-refractivity contribution >= 4 is 17.2 Å². The number of nitrogens with zero attached hydrogens (tertiary/aromatic N) is 2. The van der Waals surface area contributed by atoms with E-state index in [0.717, 1.165) is 36.5 Å². The molecule has 0 spiro atoms. The third kappa shape index (κ3) is 3.62. The standard InChI is InChI=1S/C27H44N2O3/c1-16(2)7-6-8-17(3)19-11-12-20-18-9-10-22-24(29-32)25(30)23(28-31)15-27(22,5)21(18)13-14-26(19,20)4/h16-22,31-32H,6-15H2,1-5H3/b28-23-,29-24-. The van der Waals surface area contributed by atoms with E-state index in [1.54, 1.807) is 0 Å². The van der Waals surface area contributed by atoms with E-state index < -0.39 is 0 Å². The van der Waals surface area contributed by atoms with Gasteiger partial charge in [-0.3, -0.25) is 4.79 Å². The van der Waals surface area contributed by atoms with Crippen LogP contribution in [-0.4, -0.2) is 27.6 Å². The van der Waals surface area contributed by atoms with Crippen molar-refractivity contribution in [1.82, 2.24) is 0 Å². The minimum atomic E-state index is -0.368. The van der Waals surface area contributed by atoms with Crippen LogP contribution < -0.4 is 0 Å². The molecule has 0 radical (unpaired) electrons. The molecule has 0 saturated heterocycles. The SMILES string of the molecule is CC(C)CCCC(C)C1CCC2C3CCC4/C(=N/O)C(=O)/C(=N\O)CC4(C)C3CCC12C. The molecule has 0 amide bonds. The molecule has 4 aliphatic carbocycles.